The van der Waals surface area contributed by atoms with Crippen LogP contribution in [-0.2, 0) is 14.3 Å². The molecule has 0 bridgehead atoms. The Bertz CT molecular complexity index is 456. The van der Waals surface area contributed by atoms with Gasteiger partial charge in [-0.3, -0.25) is 9.59 Å². The second kappa shape index (κ2) is 10.2. The molecule has 130 valence electrons. The van der Waals surface area contributed by atoms with Gasteiger partial charge in [0.05, 0.1) is 12.6 Å². The number of nitrogens with one attached hydrogen (secondary N) is 1. The van der Waals surface area contributed by atoms with Crippen LogP contribution in [-0.4, -0.2) is 35.7 Å². The molecule has 0 aromatic rings. The fourth-order valence-corrected chi connectivity index (χ4v) is 2.80. The average molecular weight is 323 g/mol. The molecule has 1 aliphatic rings. The quantitative estimate of drug-likeness (QED) is 0.618. The molecule has 5 nitrogen and oxygen atoms in total. The number of carbonyl (C=O) groups excluding carboxylic acids is 2. The number of amides is 1. The Morgan fingerprint density at radius 1 is 1.35 bits per heavy atom. The Labute approximate surface area is 138 Å². The maximum absolute atomic E-state index is 12.1. The van der Waals surface area contributed by atoms with E-state index in [1.165, 1.54) is 6.92 Å². The zero-order chi connectivity index (χ0) is 17.2. The van der Waals surface area contributed by atoms with Crippen LogP contribution in [0.3, 0.4) is 0 Å². The number of aliphatic hydroxyl groups is 1. The Morgan fingerprint density at radius 3 is 2.74 bits per heavy atom. The molecule has 0 fully saturated rings. The van der Waals surface area contributed by atoms with Crippen molar-refractivity contribution in [2.45, 2.75) is 65.0 Å². The van der Waals surface area contributed by atoms with Gasteiger partial charge in [0, 0.05) is 13.3 Å². The summed E-state index contributed by atoms with van der Waals surface area (Å²) in [6, 6.07) is -0.164. The van der Waals surface area contributed by atoms with Crippen LogP contribution in [0.4, 0.5) is 0 Å². The van der Waals surface area contributed by atoms with E-state index in [4.69, 9.17) is 9.84 Å². The summed E-state index contributed by atoms with van der Waals surface area (Å²) in [7, 11) is 0. The van der Waals surface area contributed by atoms with E-state index >= 15 is 0 Å². The van der Waals surface area contributed by atoms with Gasteiger partial charge < -0.3 is 15.2 Å². The molecule has 0 radical (unpaired) electrons. The van der Waals surface area contributed by atoms with Crippen molar-refractivity contribution in [3.05, 3.63) is 23.8 Å². The molecule has 3 atom stereocenters. The van der Waals surface area contributed by atoms with E-state index in [9.17, 15) is 9.59 Å². The van der Waals surface area contributed by atoms with Gasteiger partial charge in [0.15, 0.2) is 0 Å². The van der Waals surface area contributed by atoms with Gasteiger partial charge in [-0.15, -0.1) is 0 Å². The first kappa shape index (κ1) is 19.4. The van der Waals surface area contributed by atoms with E-state index in [1.807, 2.05) is 26.0 Å². The van der Waals surface area contributed by atoms with Crippen LogP contribution < -0.4 is 5.32 Å². The Balaban J connectivity index is 2.94. The van der Waals surface area contributed by atoms with Crippen molar-refractivity contribution in [3.8, 4) is 0 Å². The highest BCUT2D eigenvalue weighted by molar-refractivity contribution is 5.76. The van der Waals surface area contributed by atoms with Crippen molar-refractivity contribution < 1.29 is 19.4 Å². The van der Waals surface area contributed by atoms with Gasteiger partial charge in [-0.05, 0) is 38.2 Å². The number of ether oxygens (including phenoxy) is 1. The van der Waals surface area contributed by atoms with Crippen molar-refractivity contribution in [3.63, 3.8) is 0 Å². The summed E-state index contributed by atoms with van der Waals surface area (Å²) in [5, 5.41) is 12.2. The molecule has 5 heteroatoms. The first-order valence-corrected chi connectivity index (χ1v) is 8.36. The second-order valence-corrected chi connectivity index (χ2v) is 6.17. The van der Waals surface area contributed by atoms with Gasteiger partial charge in [-0.1, -0.05) is 31.1 Å². The summed E-state index contributed by atoms with van der Waals surface area (Å²) >= 11 is 0. The molecular weight excluding hydrogens is 294 g/mol. The molecule has 0 aromatic heterocycles. The molecule has 0 saturated heterocycles. The molecule has 0 saturated carbocycles. The molecule has 0 aliphatic carbocycles. The molecule has 2 unspecified atom stereocenters. The topological polar surface area (TPSA) is 75.6 Å². The number of hydrogen-bond acceptors (Lipinski definition) is 4. The van der Waals surface area contributed by atoms with Crippen LogP contribution in [0.15, 0.2) is 23.8 Å². The number of carbonyl (C=O) groups is 2. The highest BCUT2D eigenvalue weighted by Gasteiger charge is 2.20. The fourth-order valence-electron chi connectivity index (χ4n) is 2.80. The molecule has 1 amide bonds. The van der Waals surface area contributed by atoms with Crippen LogP contribution in [0, 0.1) is 5.92 Å². The Hall–Kier alpha value is -1.62. The highest BCUT2D eigenvalue weighted by atomic mass is 16.5. The largest absolute Gasteiger partial charge is 0.458 e. The number of rotatable bonds is 3. The van der Waals surface area contributed by atoms with Gasteiger partial charge in [-0.25, -0.2) is 0 Å². The summed E-state index contributed by atoms with van der Waals surface area (Å²) in [6.45, 7) is 5.28. The summed E-state index contributed by atoms with van der Waals surface area (Å²) in [5.41, 5.74) is 0.930. The second-order valence-electron chi connectivity index (χ2n) is 6.17. The summed E-state index contributed by atoms with van der Waals surface area (Å²) < 4.78 is 5.34. The number of esters is 1. The number of aliphatic hydroxyl groups excluding tert-OH is 1. The zero-order valence-corrected chi connectivity index (χ0v) is 14.4. The van der Waals surface area contributed by atoms with Gasteiger partial charge in [0.2, 0.25) is 5.91 Å². The molecule has 23 heavy (non-hydrogen) atoms. The minimum absolute atomic E-state index is 0.0399. The first-order chi connectivity index (χ1) is 10.9. The van der Waals surface area contributed by atoms with E-state index in [2.05, 4.69) is 5.32 Å². The van der Waals surface area contributed by atoms with E-state index < -0.39 is 0 Å². The lowest BCUT2D eigenvalue weighted by molar-refractivity contribution is -0.144. The molecule has 1 aliphatic heterocycles. The standard InChI is InChI=1S/C18H29NO4/c1-13-9-10-16(23-15(3)21)7-5-4-6-8-17(22)19-18(13)14(2)11-12-20/h9-11,13,16,18,20H,4-8,12H2,1-3H3,(H,19,22)/t13-,16?,18?/m0/s1. The first-order valence-electron chi connectivity index (χ1n) is 8.36. The van der Waals surface area contributed by atoms with Gasteiger partial charge in [0.1, 0.15) is 6.10 Å². The summed E-state index contributed by atoms with van der Waals surface area (Å²) in [4.78, 5) is 23.3. The summed E-state index contributed by atoms with van der Waals surface area (Å²) in [5.74, 6) is -0.196. The number of hydrogen-bond donors (Lipinski definition) is 2. The minimum atomic E-state index is -0.277. The van der Waals surface area contributed by atoms with E-state index in [0.717, 1.165) is 31.3 Å². The maximum Gasteiger partial charge on any atom is 0.303 e. The molecule has 1 rings (SSSR count). The zero-order valence-electron chi connectivity index (χ0n) is 14.4. The fraction of sp³-hybridized carbons (Fsp3) is 0.667. The van der Waals surface area contributed by atoms with Crippen molar-refractivity contribution in [1.29, 1.82) is 0 Å². The van der Waals surface area contributed by atoms with E-state index in [0.29, 0.717) is 6.42 Å². The van der Waals surface area contributed by atoms with Crippen LogP contribution >= 0.6 is 0 Å². The third-order valence-electron chi connectivity index (χ3n) is 4.09. The van der Waals surface area contributed by atoms with Crippen molar-refractivity contribution in [2.75, 3.05) is 6.61 Å². The summed E-state index contributed by atoms with van der Waals surface area (Å²) in [6.07, 6.45) is 9.36. The van der Waals surface area contributed by atoms with Crippen molar-refractivity contribution in [2.24, 2.45) is 5.92 Å². The smallest absolute Gasteiger partial charge is 0.303 e. The Kier molecular flexibility index (Phi) is 8.62. The lowest BCUT2D eigenvalue weighted by Gasteiger charge is -2.25. The molecular formula is C18H29NO4. The predicted octanol–water partition coefficient (Wildman–Crippen LogP) is 2.50. The van der Waals surface area contributed by atoms with Gasteiger partial charge in [-0.2, -0.15) is 0 Å². The Morgan fingerprint density at radius 2 is 2.09 bits per heavy atom. The monoisotopic (exact) mass is 323 g/mol. The molecule has 1 heterocycles. The third-order valence-corrected chi connectivity index (χ3v) is 4.09. The average Bonchev–Trinajstić information content (AvgIpc) is 2.47. The lowest BCUT2D eigenvalue weighted by Crippen LogP contribution is -2.40. The molecule has 0 aromatic carbocycles. The third kappa shape index (κ3) is 7.46. The van der Waals surface area contributed by atoms with E-state index in [-0.39, 0.29) is 36.5 Å². The normalized spacial score (nSPS) is 27.6. The van der Waals surface area contributed by atoms with Crippen LogP contribution in [0.25, 0.3) is 0 Å². The minimum Gasteiger partial charge on any atom is -0.458 e. The maximum atomic E-state index is 12.1. The van der Waals surface area contributed by atoms with Crippen LogP contribution in [0.1, 0.15) is 52.9 Å². The SMILES string of the molecule is CC(=O)OC1C=C[C@H](C)C(C(C)=CCO)NC(=O)CCCCC1. The van der Waals surface area contributed by atoms with E-state index in [1.54, 1.807) is 6.08 Å². The van der Waals surface area contributed by atoms with Crippen LogP contribution in [0.5, 0.6) is 0 Å². The predicted molar refractivity (Wildman–Crippen MR) is 89.7 cm³/mol. The van der Waals surface area contributed by atoms with Crippen LogP contribution in [0.2, 0.25) is 0 Å². The van der Waals surface area contributed by atoms with Gasteiger partial charge >= 0.3 is 5.97 Å². The van der Waals surface area contributed by atoms with Crippen molar-refractivity contribution >= 4 is 11.9 Å². The van der Waals surface area contributed by atoms with Crippen molar-refractivity contribution in [1.82, 2.24) is 5.32 Å². The lowest BCUT2D eigenvalue weighted by atomic mass is 9.93. The molecule has 0 spiro atoms. The van der Waals surface area contributed by atoms with Gasteiger partial charge in [0.25, 0.3) is 0 Å². The molecule has 2 N–H and O–H groups in total. The highest BCUT2D eigenvalue weighted by Crippen LogP contribution is 2.18.